The Balaban J connectivity index is 1.45. The van der Waals surface area contributed by atoms with E-state index in [1.54, 1.807) is 0 Å². The lowest BCUT2D eigenvalue weighted by Gasteiger charge is -2.46. The van der Waals surface area contributed by atoms with Gasteiger partial charge in [0, 0.05) is 30.7 Å². The molecule has 0 amide bonds. The summed E-state index contributed by atoms with van der Waals surface area (Å²) in [5.74, 6) is 0. The molecule has 4 rings (SSSR count). The lowest BCUT2D eigenvalue weighted by Crippen LogP contribution is -2.54. The van der Waals surface area contributed by atoms with Gasteiger partial charge < -0.3 is 5.32 Å². The van der Waals surface area contributed by atoms with E-state index < -0.39 is 0 Å². The zero-order valence-corrected chi connectivity index (χ0v) is 16.1. The molecule has 1 unspecified atom stereocenters. The van der Waals surface area contributed by atoms with E-state index in [0.29, 0.717) is 12.1 Å². The average molecular weight is 377 g/mol. The van der Waals surface area contributed by atoms with Crippen molar-refractivity contribution in [2.45, 2.75) is 25.0 Å². The predicted molar refractivity (Wildman–Crippen MR) is 113 cm³/mol. The minimum Gasteiger partial charge on any atom is -0.311 e. The number of hydrogen-bond acceptors (Lipinski definition) is 2. The first-order valence-electron chi connectivity index (χ1n) is 9.62. The molecule has 0 bridgehead atoms. The Hall–Kier alpha value is -2.13. The zero-order chi connectivity index (χ0) is 18.5. The van der Waals surface area contributed by atoms with Crippen LogP contribution in [0, 0.1) is 0 Å². The van der Waals surface area contributed by atoms with Gasteiger partial charge in [0.1, 0.15) is 0 Å². The third-order valence-corrected chi connectivity index (χ3v) is 5.59. The predicted octanol–water partition coefficient (Wildman–Crippen LogP) is 5.29. The van der Waals surface area contributed by atoms with Crippen LogP contribution in [-0.4, -0.2) is 24.0 Å². The minimum absolute atomic E-state index is 0.319. The van der Waals surface area contributed by atoms with E-state index in [2.05, 4.69) is 76.9 Å². The summed E-state index contributed by atoms with van der Waals surface area (Å²) < 4.78 is 0. The van der Waals surface area contributed by atoms with E-state index in [0.717, 1.165) is 24.7 Å². The van der Waals surface area contributed by atoms with Crippen molar-refractivity contribution in [3.8, 4) is 0 Å². The highest BCUT2D eigenvalue weighted by atomic mass is 35.5. The van der Waals surface area contributed by atoms with Gasteiger partial charge in [0.15, 0.2) is 0 Å². The van der Waals surface area contributed by atoms with Crippen molar-refractivity contribution in [2.75, 3.05) is 13.1 Å². The lowest BCUT2D eigenvalue weighted by molar-refractivity contribution is 0.0569. The molecule has 27 heavy (non-hydrogen) atoms. The van der Waals surface area contributed by atoms with E-state index in [1.807, 2.05) is 18.2 Å². The van der Waals surface area contributed by atoms with Gasteiger partial charge in [-0.2, -0.15) is 0 Å². The van der Waals surface area contributed by atoms with Gasteiger partial charge in [0.2, 0.25) is 0 Å². The van der Waals surface area contributed by atoms with Gasteiger partial charge in [-0.15, -0.1) is 0 Å². The molecule has 1 atom stereocenters. The van der Waals surface area contributed by atoms with Gasteiger partial charge in [0.05, 0.1) is 6.04 Å². The first-order valence-corrected chi connectivity index (χ1v) is 10.00. The van der Waals surface area contributed by atoms with Crippen LogP contribution in [0.4, 0.5) is 0 Å². The van der Waals surface area contributed by atoms with Gasteiger partial charge in [-0.25, -0.2) is 0 Å². The molecular weight excluding hydrogens is 352 g/mol. The molecule has 3 heteroatoms. The Bertz CT molecular complexity index is 811. The molecule has 1 N–H and O–H groups in total. The molecule has 0 saturated carbocycles. The topological polar surface area (TPSA) is 15.3 Å². The van der Waals surface area contributed by atoms with Crippen LogP contribution in [0.3, 0.4) is 0 Å². The Labute approximate surface area is 166 Å². The monoisotopic (exact) mass is 376 g/mol. The van der Waals surface area contributed by atoms with Crippen LogP contribution < -0.4 is 5.32 Å². The third kappa shape index (κ3) is 4.41. The van der Waals surface area contributed by atoms with Crippen LogP contribution in [0.15, 0.2) is 84.9 Å². The highest BCUT2D eigenvalue weighted by Gasteiger charge is 2.35. The van der Waals surface area contributed by atoms with Crippen LogP contribution in [0.5, 0.6) is 0 Å². The second-order valence-electron chi connectivity index (χ2n) is 7.17. The fraction of sp³-hybridized carbons (Fsp3) is 0.250. The van der Waals surface area contributed by atoms with Crippen LogP contribution in [0.1, 0.15) is 29.2 Å². The molecule has 3 aromatic rings. The third-order valence-electron chi connectivity index (χ3n) is 5.35. The fourth-order valence-corrected chi connectivity index (χ4v) is 4.11. The molecule has 3 aromatic carbocycles. The molecule has 0 aliphatic carbocycles. The molecule has 2 nitrogen and oxygen atoms in total. The molecule has 0 aromatic heterocycles. The average Bonchev–Trinajstić information content (AvgIpc) is 2.70. The molecule has 1 heterocycles. The van der Waals surface area contributed by atoms with Gasteiger partial charge in [-0.1, -0.05) is 84.4 Å². The van der Waals surface area contributed by atoms with Gasteiger partial charge in [-0.3, -0.25) is 4.90 Å². The summed E-state index contributed by atoms with van der Waals surface area (Å²) in [5, 5.41) is 4.42. The summed E-state index contributed by atoms with van der Waals surface area (Å²) in [6.07, 6.45) is 1.23. The summed E-state index contributed by atoms with van der Waals surface area (Å²) in [4.78, 5) is 2.62. The maximum Gasteiger partial charge on any atom is 0.0604 e. The number of halogens is 1. The van der Waals surface area contributed by atoms with Gasteiger partial charge in [-0.05, 0) is 35.2 Å². The summed E-state index contributed by atoms with van der Waals surface area (Å²) >= 11 is 6.09. The normalized spacial score (nSPS) is 17.0. The Morgan fingerprint density at radius 1 is 0.889 bits per heavy atom. The molecule has 1 aliphatic heterocycles. The Morgan fingerprint density at radius 3 is 2.11 bits per heavy atom. The number of hydrogen-bond donors (Lipinski definition) is 1. The molecular formula is C24H25ClN2. The minimum atomic E-state index is 0.319. The Morgan fingerprint density at radius 2 is 1.56 bits per heavy atom. The fourth-order valence-electron chi connectivity index (χ4n) is 3.90. The lowest BCUT2D eigenvalue weighted by atomic mass is 9.90. The quantitative estimate of drug-likeness (QED) is 0.602. The molecule has 138 valence electrons. The van der Waals surface area contributed by atoms with Crippen LogP contribution in [-0.2, 0) is 6.54 Å². The molecule has 1 saturated heterocycles. The largest absolute Gasteiger partial charge is 0.311 e. The molecule has 1 fully saturated rings. The number of rotatable bonds is 7. The maximum absolute atomic E-state index is 6.09. The number of nitrogens with zero attached hydrogens (tertiary/aromatic N) is 1. The van der Waals surface area contributed by atoms with E-state index >= 15 is 0 Å². The first kappa shape index (κ1) is 18.2. The van der Waals surface area contributed by atoms with Crippen molar-refractivity contribution in [3.05, 3.63) is 107 Å². The highest BCUT2D eigenvalue weighted by Crippen LogP contribution is 2.35. The van der Waals surface area contributed by atoms with Crippen LogP contribution in [0.25, 0.3) is 0 Å². The van der Waals surface area contributed by atoms with Crippen LogP contribution in [0.2, 0.25) is 5.02 Å². The summed E-state index contributed by atoms with van der Waals surface area (Å²) in [7, 11) is 0. The standard InChI is InChI=1S/C24H25ClN2/c25-22-13-7-8-19(16-22)17-26-18-23-14-15-27(23)24(20-9-3-1-4-10-20)21-11-5-2-6-12-21/h1-13,16,23-24,26H,14-15,17-18H2. The van der Waals surface area contributed by atoms with Crippen molar-refractivity contribution < 1.29 is 0 Å². The molecule has 0 radical (unpaired) electrons. The Kier molecular flexibility index (Phi) is 5.88. The van der Waals surface area contributed by atoms with E-state index in [9.17, 15) is 0 Å². The van der Waals surface area contributed by atoms with Crippen molar-refractivity contribution in [1.82, 2.24) is 10.2 Å². The van der Waals surface area contributed by atoms with Crippen molar-refractivity contribution in [2.24, 2.45) is 0 Å². The van der Waals surface area contributed by atoms with Crippen LogP contribution >= 0.6 is 11.6 Å². The van der Waals surface area contributed by atoms with Gasteiger partial charge in [0.25, 0.3) is 0 Å². The zero-order valence-electron chi connectivity index (χ0n) is 15.4. The first-order chi connectivity index (χ1) is 13.3. The number of benzene rings is 3. The van der Waals surface area contributed by atoms with E-state index in [4.69, 9.17) is 11.6 Å². The number of nitrogens with one attached hydrogen (secondary N) is 1. The summed E-state index contributed by atoms with van der Waals surface area (Å²) in [5.41, 5.74) is 3.96. The molecule has 1 aliphatic rings. The SMILES string of the molecule is Clc1cccc(CNCC2CCN2C(c2ccccc2)c2ccccc2)c1. The maximum atomic E-state index is 6.09. The second kappa shape index (κ2) is 8.71. The van der Waals surface area contributed by atoms with Crippen molar-refractivity contribution in [3.63, 3.8) is 0 Å². The number of likely N-dealkylation sites (tertiary alicyclic amines) is 1. The molecule has 0 spiro atoms. The second-order valence-corrected chi connectivity index (χ2v) is 7.60. The van der Waals surface area contributed by atoms with E-state index in [1.165, 1.54) is 23.1 Å². The smallest absolute Gasteiger partial charge is 0.0604 e. The van der Waals surface area contributed by atoms with Gasteiger partial charge >= 0.3 is 0 Å². The van der Waals surface area contributed by atoms with E-state index in [-0.39, 0.29) is 0 Å². The highest BCUT2D eigenvalue weighted by molar-refractivity contribution is 6.30. The summed E-state index contributed by atoms with van der Waals surface area (Å²) in [6.45, 7) is 2.98. The van der Waals surface area contributed by atoms with Crippen molar-refractivity contribution in [1.29, 1.82) is 0 Å². The summed E-state index contributed by atoms with van der Waals surface area (Å²) in [6, 6.07) is 30.6. The van der Waals surface area contributed by atoms with Crippen molar-refractivity contribution >= 4 is 11.6 Å².